The standard InChI is InChI=1S/C12H17FN2O3S/c1-7(2)15-19(16,17)10-4-8-3-9(6-14)18-12(8)11(13)5-10/h4-5,7,9,15H,3,6,14H2,1-2H3. The summed E-state index contributed by atoms with van der Waals surface area (Å²) < 4.78 is 45.6. The summed E-state index contributed by atoms with van der Waals surface area (Å²) >= 11 is 0. The second kappa shape index (κ2) is 5.07. The van der Waals surface area contributed by atoms with Gasteiger partial charge >= 0.3 is 0 Å². The molecule has 0 radical (unpaired) electrons. The van der Waals surface area contributed by atoms with E-state index in [9.17, 15) is 12.8 Å². The lowest BCUT2D eigenvalue weighted by Crippen LogP contribution is -2.30. The predicted octanol–water partition coefficient (Wildman–Crippen LogP) is 0.775. The van der Waals surface area contributed by atoms with Gasteiger partial charge in [-0.2, -0.15) is 0 Å². The molecule has 2 rings (SSSR count). The number of hydrogen-bond donors (Lipinski definition) is 2. The molecule has 1 aromatic rings. The maximum atomic E-state index is 13.9. The van der Waals surface area contributed by atoms with Crippen molar-refractivity contribution in [3.63, 3.8) is 0 Å². The van der Waals surface area contributed by atoms with Crippen LogP contribution in [0.1, 0.15) is 19.4 Å². The van der Waals surface area contributed by atoms with Crippen molar-refractivity contribution in [2.75, 3.05) is 6.54 Å². The molecule has 1 atom stereocenters. The van der Waals surface area contributed by atoms with Gasteiger partial charge in [-0.05, 0) is 26.0 Å². The van der Waals surface area contributed by atoms with Crippen LogP contribution < -0.4 is 15.2 Å². The van der Waals surface area contributed by atoms with E-state index in [4.69, 9.17) is 10.5 Å². The van der Waals surface area contributed by atoms with Crippen LogP contribution in [0.3, 0.4) is 0 Å². The minimum atomic E-state index is -3.70. The van der Waals surface area contributed by atoms with E-state index < -0.39 is 15.8 Å². The fourth-order valence-electron chi connectivity index (χ4n) is 2.02. The first-order valence-electron chi connectivity index (χ1n) is 6.05. The van der Waals surface area contributed by atoms with E-state index in [1.165, 1.54) is 6.07 Å². The van der Waals surface area contributed by atoms with Crippen molar-refractivity contribution in [1.82, 2.24) is 4.72 Å². The topological polar surface area (TPSA) is 81.4 Å². The van der Waals surface area contributed by atoms with Crippen molar-refractivity contribution in [1.29, 1.82) is 0 Å². The molecule has 0 saturated heterocycles. The lowest BCUT2D eigenvalue weighted by molar-refractivity contribution is 0.232. The summed E-state index contributed by atoms with van der Waals surface area (Å²) in [7, 11) is -3.70. The predicted molar refractivity (Wildman–Crippen MR) is 69.0 cm³/mol. The highest BCUT2D eigenvalue weighted by Crippen LogP contribution is 2.33. The molecule has 1 heterocycles. The summed E-state index contributed by atoms with van der Waals surface area (Å²) in [6.07, 6.45) is 0.133. The minimum absolute atomic E-state index is 0.0845. The van der Waals surface area contributed by atoms with Gasteiger partial charge in [0.05, 0.1) is 4.90 Å². The number of halogens is 1. The fraction of sp³-hybridized carbons (Fsp3) is 0.500. The van der Waals surface area contributed by atoms with Crippen molar-refractivity contribution in [2.24, 2.45) is 5.73 Å². The first-order valence-corrected chi connectivity index (χ1v) is 7.53. The largest absolute Gasteiger partial charge is 0.485 e. The van der Waals surface area contributed by atoms with Crippen LogP contribution >= 0.6 is 0 Å². The van der Waals surface area contributed by atoms with E-state index in [0.29, 0.717) is 12.0 Å². The molecule has 0 saturated carbocycles. The van der Waals surface area contributed by atoms with Crippen LogP contribution in [0.25, 0.3) is 0 Å². The van der Waals surface area contributed by atoms with Gasteiger partial charge in [0.1, 0.15) is 6.10 Å². The molecule has 1 aliphatic rings. The van der Waals surface area contributed by atoms with E-state index in [-0.39, 0.29) is 29.3 Å². The molecular formula is C12H17FN2O3S. The van der Waals surface area contributed by atoms with Crippen molar-refractivity contribution >= 4 is 10.0 Å². The summed E-state index contributed by atoms with van der Waals surface area (Å²) in [4.78, 5) is -0.0845. The monoisotopic (exact) mass is 288 g/mol. The summed E-state index contributed by atoms with van der Waals surface area (Å²) in [5.41, 5.74) is 6.02. The minimum Gasteiger partial charge on any atom is -0.485 e. The maximum Gasteiger partial charge on any atom is 0.240 e. The molecule has 0 spiro atoms. The van der Waals surface area contributed by atoms with Crippen molar-refractivity contribution in [3.05, 3.63) is 23.5 Å². The van der Waals surface area contributed by atoms with Gasteiger partial charge in [-0.25, -0.2) is 17.5 Å². The lowest BCUT2D eigenvalue weighted by Gasteiger charge is -2.11. The van der Waals surface area contributed by atoms with E-state index in [2.05, 4.69) is 4.72 Å². The van der Waals surface area contributed by atoms with Crippen molar-refractivity contribution < 1.29 is 17.5 Å². The number of hydrogen-bond acceptors (Lipinski definition) is 4. The zero-order valence-corrected chi connectivity index (χ0v) is 11.6. The maximum absolute atomic E-state index is 13.9. The number of sulfonamides is 1. The van der Waals surface area contributed by atoms with Crippen molar-refractivity contribution in [3.8, 4) is 5.75 Å². The second-order valence-corrected chi connectivity index (χ2v) is 6.56. The number of ether oxygens (including phenoxy) is 1. The van der Waals surface area contributed by atoms with Gasteiger partial charge in [0.15, 0.2) is 11.6 Å². The van der Waals surface area contributed by atoms with Gasteiger partial charge in [0, 0.05) is 24.6 Å². The van der Waals surface area contributed by atoms with Crippen LogP contribution in [-0.4, -0.2) is 27.1 Å². The Labute approximate surface area is 112 Å². The third kappa shape index (κ3) is 2.88. The lowest BCUT2D eigenvalue weighted by atomic mass is 10.1. The first kappa shape index (κ1) is 14.2. The summed E-state index contributed by atoms with van der Waals surface area (Å²) in [5.74, 6) is -0.559. The van der Waals surface area contributed by atoms with Gasteiger partial charge in [-0.15, -0.1) is 0 Å². The van der Waals surface area contributed by atoms with E-state index >= 15 is 0 Å². The summed E-state index contributed by atoms with van der Waals surface area (Å²) in [5, 5.41) is 0. The zero-order valence-electron chi connectivity index (χ0n) is 10.8. The van der Waals surface area contributed by atoms with Crippen LogP contribution in [0.15, 0.2) is 17.0 Å². The third-order valence-corrected chi connectivity index (χ3v) is 4.43. The number of benzene rings is 1. The Balaban J connectivity index is 2.39. The Hall–Kier alpha value is -1.18. The summed E-state index contributed by atoms with van der Waals surface area (Å²) in [6, 6.07) is 2.16. The van der Waals surface area contributed by atoms with Gasteiger partial charge in [0.25, 0.3) is 0 Å². The van der Waals surface area contributed by atoms with Gasteiger partial charge in [-0.1, -0.05) is 0 Å². The van der Waals surface area contributed by atoms with Gasteiger partial charge < -0.3 is 10.5 Å². The molecule has 0 aromatic heterocycles. The Bertz CT molecular complexity index is 587. The Kier molecular flexibility index (Phi) is 3.80. The molecule has 1 aromatic carbocycles. The Morgan fingerprint density at radius 3 is 2.79 bits per heavy atom. The van der Waals surface area contributed by atoms with Crippen LogP contribution in [0, 0.1) is 5.82 Å². The quantitative estimate of drug-likeness (QED) is 0.857. The average Bonchev–Trinajstić information content (AvgIpc) is 2.70. The average molecular weight is 288 g/mol. The number of fused-ring (bicyclic) bond motifs is 1. The van der Waals surface area contributed by atoms with E-state index in [1.807, 2.05) is 0 Å². The highest BCUT2D eigenvalue weighted by atomic mass is 32.2. The summed E-state index contributed by atoms with van der Waals surface area (Å²) in [6.45, 7) is 3.67. The first-order chi connectivity index (χ1) is 8.83. The second-order valence-electron chi connectivity index (χ2n) is 4.85. The van der Waals surface area contributed by atoms with Gasteiger partial charge in [0.2, 0.25) is 10.0 Å². The Morgan fingerprint density at radius 2 is 2.21 bits per heavy atom. The highest BCUT2D eigenvalue weighted by molar-refractivity contribution is 7.89. The molecule has 1 aliphatic heterocycles. The molecule has 0 fully saturated rings. The fourth-order valence-corrected chi connectivity index (χ4v) is 3.34. The molecule has 0 amide bonds. The molecule has 3 N–H and O–H groups in total. The molecule has 5 nitrogen and oxygen atoms in total. The third-order valence-electron chi connectivity index (χ3n) is 2.79. The molecule has 1 unspecified atom stereocenters. The van der Waals surface area contributed by atoms with E-state index in [0.717, 1.165) is 6.07 Å². The molecular weight excluding hydrogens is 271 g/mol. The molecule has 7 heteroatoms. The van der Waals surface area contributed by atoms with E-state index in [1.54, 1.807) is 13.8 Å². The van der Waals surface area contributed by atoms with Crippen LogP contribution in [0.2, 0.25) is 0 Å². The smallest absolute Gasteiger partial charge is 0.240 e. The number of nitrogens with one attached hydrogen (secondary N) is 1. The Morgan fingerprint density at radius 1 is 1.53 bits per heavy atom. The molecule has 19 heavy (non-hydrogen) atoms. The molecule has 0 aliphatic carbocycles. The zero-order chi connectivity index (χ0) is 14.2. The molecule has 106 valence electrons. The number of nitrogens with two attached hydrogens (primary N) is 1. The number of rotatable bonds is 4. The molecule has 0 bridgehead atoms. The highest BCUT2D eigenvalue weighted by Gasteiger charge is 2.28. The SMILES string of the molecule is CC(C)NS(=O)(=O)c1cc(F)c2c(c1)CC(CN)O2. The van der Waals surface area contributed by atoms with Gasteiger partial charge in [-0.3, -0.25) is 0 Å². The van der Waals surface area contributed by atoms with Crippen LogP contribution in [-0.2, 0) is 16.4 Å². The van der Waals surface area contributed by atoms with Crippen molar-refractivity contribution in [2.45, 2.75) is 37.3 Å². The normalized spacial score (nSPS) is 18.5. The van der Waals surface area contributed by atoms with Crippen LogP contribution in [0.4, 0.5) is 4.39 Å². The van der Waals surface area contributed by atoms with Crippen LogP contribution in [0.5, 0.6) is 5.75 Å².